The summed E-state index contributed by atoms with van der Waals surface area (Å²) in [5, 5.41) is 7.69. The first kappa shape index (κ1) is 31.3. The highest BCUT2D eigenvalue weighted by molar-refractivity contribution is 6.25. The van der Waals surface area contributed by atoms with Crippen molar-refractivity contribution in [2.24, 2.45) is 0 Å². The lowest BCUT2D eigenvalue weighted by Gasteiger charge is -2.31. The van der Waals surface area contributed by atoms with Crippen molar-refractivity contribution in [1.82, 2.24) is 0 Å². The molecule has 0 amide bonds. The second-order valence-corrected chi connectivity index (χ2v) is 16.4. The molecule has 2 aliphatic carbocycles. The van der Waals surface area contributed by atoms with Gasteiger partial charge in [-0.3, -0.25) is 0 Å². The molecule has 0 saturated heterocycles. The van der Waals surface area contributed by atoms with Crippen LogP contribution in [0.1, 0.15) is 49.9 Å². The van der Waals surface area contributed by atoms with Gasteiger partial charge in [-0.1, -0.05) is 191 Å². The number of benzene rings is 9. The summed E-state index contributed by atoms with van der Waals surface area (Å²) in [4.78, 5) is 0. The van der Waals surface area contributed by atoms with Gasteiger partial charge in [0.05, 0.1) is 0 Å². The maximum Gasteiger partial charge on any atom is 0.0162 e. The van der Waals surface area contributed by atoms with E-state index < -0.39 is 0 Å². The molecule has 2 aliphatic rings. The molecule has 54 heavy (non-hydrogen) atoms. The highest BCUT2D eigenvalue weighted by Gasteiger charge is 2.47. The van der Waals surface area contributed by atoms with Crippen LogP contribution in [0.2, 0.25) is 0 Å². The van der Waals surface area contributed by atoms with Gasteiger partial charge in [0, 0.05) is 10.8 Å². The van der Waals surface area contributed by atoms with Gasteiger partial charge >= 0.3 is 0 Å². The monoisotopic (exact) mass is 688 g/mol. The van der Waals surface area contributed by atoms with Gasteiger partial charge in [-0.05, 0) is 116 Å². The molecule has 0 heterocycles. The van der Waals surface area contributed by atoms with Crippen LogP contribution in [0.5, 0.6) is 0 Å². The van der Waals surface area contributed by atoms with E-state index >= 15 is 0 Å². The van der Waals surface area contributed by atoms with Crippen LogP contribution in [0.25, 0.3) is 88.0 Å². The average Bonchev–Trinajstić information content (AvgIpc) is 3.59. The molecule has 0 unspecified atom stereocenters. The van der Waals surface area contributed by atoms with Crippen molar-refractivity contribution < 1.29 is 0 Å². The molecule has 0 saturated carbocycles. The smallest absolute Gasteiger partial charge is 0.0162 e. The largest absolute Gasteiger partial charge is 0.0622 e. The van der Waals surface area contributed by atoms with Crippen molar-refractivity contribution >= 4 is 32.3 Å². The molecule has 0 fully saturated rings. The Balaban J connectivity index is 1.29. The van der Waals surface area contributed by atoms with Crippen LogP contribution in [-0.2, 0) is 10.8 Å². The summed E-state index contributed by atoms with van der Waals surface area (Å²) in [6, 6.07) is 63.6. The van der Waals surface area contributed by atoms with E-state index in [1.165, 1.54) is 110 Å². The minimum absolute atomic E-state index is 0.116. The Morgan fingerprint density at radius 2 is 0.704 bits per heavy atom. The second kappa shape index (κ2) is 11.1. The molecule has 0 atom stereocenters. The molecule has 256 valence electrons. The molecule has 0 nitrogen and oxygen atoms in total. The maximum absolute atomic E-state index is 2.57. The predicted octanol–water partition coefficient (Wildman–Crippen LogP) is 14.8. The van der Waals surface area contributed by atoms with Gasteiger partial charge in [-0.25, -0.2) is 0 Å². The normalized spacial score (nSPS) is 14.6. The number of fused-ring (bicyclic) bond motifs is 10. The summed E-state index contributed by atoms with van der Waals surface area (Å²) in [6.07, 6.45) is 0. The summed E-state index contributed by atoms with van der Waals surface area (Å²) >= 11 is 0. The highest BCUT2D eigenvalue weighted by atomic mass is 14.5. The first-order valence-corrected chi connectivity index (χ1v) is 19.3. The van der Waals surface area contributed by atoms with E-state index in [0.29, 0.717) is 0 Å². The van der Waals surface area contributed by atoms with Crippen LogP contribution >= 0.6 is 0 Å². The number of hydrogen-bond donors (Lipinski definition) is 0. The van der Waals surface area contributed by atoms with Crippen LogP contribution in [-0.4, -0.2) is 0 Å². The summed E-state index contributed by atoms with van der Waals surface area (Å²) in [5.41, 5.74) is 18.8. The molecule has 0 heteroatoms. The molecule has 0 spiro atoms. The Kier molecular flexibility index (Phi) is 6.46. The average molecular weight is 689 g/mol. The lowest BCUT2D eigenvalue weighted by Crippen LogP contribution is -2.24. The lowest BCUT2D eigenvalue weighted by molar-refractivity contribution is 0.601. The molecule has 0 aromatic heterocycles. The standard InChI is InChI=1S/C54H40/c1-53(2)46-28-16-14-22-37(46)44-32-45(50-43-27-15-17-29-47(43)54(3,4)52(50)51(44)53)49-40-25-12-10-23-38(40)48(39-24-11-13-26-41(39)49)42-31-30-34(33-18-6-5-7-19-33)35-20-8-9-21-36(35)42/h5-32H,1-4H3. The van der Waals surface area contributed by atoms with E-state index in [9.17, 15) is 0 Å². The van der Waals surface area contributed by atoms with Crippen molar-refractivity contribution in [1.29, 1.82) is 0 Å². The van der Waals surface area contributed by atoms with E-state index in [0.717, 1.165) is 0 Å². The van der Waals surface area contributed by atoms with Gasteiger partial charge in [-0.2, -0.15) is 0 Å². The summed E-state index contributed by atoms with van der Waals surface area (Å²) in [7, 11) is 0. The summed E-state index contributed by atoms with van der Waals surface area (Å²) < 4.78 is 0. The van der Waals surface area contributed by atoms with Crippen molar-refractivity contribution in [2.75, 3.05) is 0 Å². The fourth-order valence-electron chi connectivity index (χ4n) is 10.5. The van der Waals surface area contributed by atoms with E-state index in [2.05, 4.69) is 198 Å². The topological polar surface area (TPSA) is 0 Å². The zero-order chi connectivity index (χ0) is 36.3. The van der Waals surface area contributed by atoms with E-state index in [-0.39, 0.29) is 10.8 Å². The Labute approximate surface area is 317 Å². The maximum atomic E-state index is 2.57. The fraction of sp³-hybridized carbons (Fsp3) is 0.111. The molecular formula is C54H40. The van der Waals surface area contributed by atoms with Crippen LogP contribution in [0, 0.1) is 0 Å². The molecular weight excluding hydrogens is 649 g/mol. The van der Waals surface area contributed by atoms with Gasteiger partial charge in [0.1, 0.15) is 0 Å². The number of hydrogen-bond acceptors (Lipinski definition) is 0. The highest BCUT2D eigenvalue weighted by Crippen LogP contribution is 2.62. The SMILES string of the molecule is CC1(C)c2ccccc2-c2cc(-c3c4ccccc4c(-c4ccc(-c5ccccc5)c5ccccc45)c4ccccc34)c3c(c21)C(C)(C)c1ccccc1-3. The molecule has 11 rings (SSSR count). The third kappa shape index (κ3) is 4.09. The predicted molar refractivity (Wildman–Crippen MR) is 230 cm³/mol. The van der Waals surface area contributed by atoms with Crippen molar-refractivity contribution in [3.05, 3.63) is 192 Å². The summed E-state index contributed by atoms with van der Waals surface area (Å²) in [5.74, 6) is 0. The van der Waals surface area contributed by atoms with Crippen molar-refractivity contribution in [3.8, 4) is 55.6 Å². The van der Waals surface area contributed by atoms with Crippen LogP contribution < -0.4 is 0 Å². The number of rotatable bonds is 3. The van der Waals surface area contributed by atoms with Crippen molar-refractivity contribution in [2.45, 2.75) is 38.5 Å². The van der Waals surface area contributed by atoms with Gasteiger partial charge in [-0.15, -0.1) is 0 Å². The molecule has 0 aliphatic heterocycles. The molecule has 0 bridgehead atoms. The Bertz CT molecular complexity index is 2970. The van der Waals surface area contributed by atoms with E-state index in [1.807, 2.05) is 0 Å². The molecule has 0 N–H and O–H groups in total. The Hall–Kier alpha value is -6.24. The Morgan fingerprint density at radius 1 is 0.278 bits per heavy atom. The van der Waals surface area contributed by atoms with Gasteiger partial charge in [0.2, 0.25) is 0 Å². The first-order chi connectivity index (χ1) is 26.4. The zero-order valence-electron chi connectivity index (χ0n) is 31.2. The van der Waals surface area contributed by atoms with Crippen LogP contribution in [0.15, 0.2) is 170 Å². The third-order valence-corrected chi connectivity index (χ3v) is 12.8. The minimum Gasteiger partial charge on any atom is -0.0622 e. The van der Waals surface area contributed by atoms with E-state index in [4.69, 9.17) is 0 Å². The van der Waals surface area contributed by atoms with Gasteiger partial charge in [0.15, 0.2) is 0 Å². The third-order valence-electron chi connectivity index (χ3n) is 12.8. The van der Waals surface area contributed by atoms with Gasteiger partial charge in [0.25, 0.3) is 0 Å². The zero-order valence-corrected chi connectivity index (χ0v) is 31.2. The van der Waals surface area contributed by atoms with Crippen LogP contribution in [0.4, 0.5) is 0 Å². The second-order valence-electron chi connectivity index (χ2n) is 16.4. The van der Waals surface area contributed by atoms with E-state index in [1.54, 1.807) is 0 Å². The quantitative estimate of drug-likeness (QED) is 0.162. The van der Waals surface area contributed by atoms with Crippen molar-refractivity contribution in [3.63, 3.8) is 0 Å². The fourth-order valence-corrected chi connectivity index (χ4v) is 10.5. The lowest BCUT2D eigenvalue weighted by atomic mass is 9.71. The molecule has 9 aromatic rings. The van der Waals surface area contributed by atoms with Gasteiger partial charge < -0.3 is 0 Å². The first-order valence-electron chi connectivity index (χ1n) is 19.3. The Morgan fingerprint density at radius 3 is 1.31 bits per heavy atom. The molecule has 9 aromatic carbocycles. The molecule has 0 radical (unpaired) electrons. The van der Waals surface area contributed by atoms with Crippen LogP contribution in [0.3, 0.4) is 0 Å². The summed E-state index contributed by atoms with van der Waals surface area (Å²) in [6.45, 7) is 9.77. The minimum atomic E-state index is -0.156.